The molecule has 0 bridgehead atoms. The van der Waals surface area contributed by atoms with Crippen LogP contribution in [0.1, 0.15) is 27.2 Å². The topological polar surface area (TPSA) is 78.9 Å². The van der Waals surface area contributed by atoms with Crippen molar-refractivity contribution in [1.82, 2.24) is 0 Å². The lowest BCUT2D eigenvalue weighted by atomic mass is 10.3. The Morgan fingerprint density at radius 2 is 1.46 bits per heavy atom. The number of rotatable bonds is 4. The molecule has 0 amide bonds. The number of hydrogen-bond acceptors (Lipinski definition) is 7. The molecule has 1 aliphatic heterocycles. The summed E-state index contributed by atoms with van der Waals surface area (Å²) in [5, 5.41) is 0. The molecule has 0 spiro atoms. The summed E-state index contributed by atoms with van der Waals surface area (Å²) in [5.41, 5.74) is 0.803. The van der Waals surface area contributed by atoms with Crippen LogP contribution in [-0.2, 0) is 28.6 Å². The van der Waals surface area contributed by atoms with Gasteiger partial charge in [0.05, 0.1) is 12.4 Å². The van der Waals surface area contributed by atoms with E-state index in [1.165, 1.54) is 13.8 Å². The van der Waals surface area contributed by atoms with Crippen molar-refractivity contribution < 1.29 is 28.6 Å². The van der Waals surface area contributed by atoms with Crippen LogP contribution >= 0.6 is 11.8 Å². The fourth-order valence-corrected chi connectivity index (χ4v) is 2.00. The first-order valence-corrected chi connectivity index (χ1v) is 8.44. The second kappa shape index (κ2) is 11.6. The number of esters is 3. The molecule has 0 aromatic carbocycles. The van der Waals surface area contributed by atoms with Crippen molar-refractivity contribution in [3.05, 3.63) is 36.5 Å². The maximum Gasteiger partial charge on any atom is 0.340 e. The van der Waals surface area contributed by atoms with Crippen molar-refractivity contribution in [2.75, 3.05) is 18.1 Å². The van der Waals surface area contributed by atoms with Crippen molar-refractivity contribution in [3.63, 3.8) is 0 Å². The fourth-order valence-electron chi connectivity index (χ4n) is 1.15. The molecule has 1 heterocycles. The number of hydrogen-bond donors (Lipinski definition) is 0. The van der Waals surface area contributed by atoms with E-state index in [1.54, 1.807) is 18.7 Å². The highest BCUT2D eigenvalue weighted by atomic mass is 32.2. The van der Waals surface area contributed by atoms with Gasteiger partial charge in [0.15, 0.2) is 0 Å². The Labute approximate surface area is 146 Å². The molecule has 6 nitrogen and oxygen atoms in total. The average Bonchev–Trinajstić information content (AvgIpc) is 2.76. The Bertz CT molecular complexity index is 491. The maximum atomic E-state index is 11.1. The van der Waals surface area contributed by atoms with Crippen LogP contribution in [0.15, 0.2) is 36.5 Å². The first-order chi connectivity index (χ1) is 11.1. The summed E-state index contributed by atoms with van der Waals surface area (Å²) < 4.78 is 14.7. The third-order valence-corrected chi connectivity index (χ3v) is 3.55. The normalized spacial score (nSPS) is 16.5. The van der Waals surface area contributed by atoms with Crippen LogP contribution in [0.3, 0.4) is 0 Å². The maximum absolute atomic E-state index is 11.1. The molecule has 134 valence electrons. The van der Waals surface area contributed by atoms with Gasteiger partial charge in [-0.05, 0) is 32.9 Å². The molecule has 1 fully saturated rings. The van der Waals surface area contributed by atoms with E-state index in [2.05, 4.69) is 24.5 Å². The van der Waals surface area contributed by atoms with Crippen LogP contribution in [0.5, 0.6) is 0 Å². The van der Waals surface area contributed by atoms with Crippen LogP contribution in [0.25, 0.3) is 0 Å². The second-order valence-electron chi connectivity index (χ2n) is 5.15. The molecule has 0 aromatic rings. The van der Waals surface area contributed by atoms with Crippen LogP contribution in [0.2, 0.25) is 0 Å². The number of carbonyl (C=O) groups is 3. The molecule has 0 radical (unpaired) electrons. The van der Waals surface area contributed by atoms with Gasteiger partial charge >= 0.3 is 17.9 Å². The minimum absolute atomic E-state index is 0.194. The molecule has 24 heavy (non-hydrogen) atoms. The standard InChI is InChI=1S/C9H14O3S.C8H10O3/c1-7(2)9(10)12-8-6-13-5-3-4-11-8;1-5(2)7(9)11-8(10)6(3)4/h8H,1,3-6H2,2H3;1,3H2,2,4H3. The largest absolute Gasteiger partial charge is 0.431 e. The first-order valence-electron chi connectivity index (χ1n) is 7.28. The van der Waals surface area contributed by atoms with Gasteiger partial charge in [0.2, 0.25) is 6.29 Å². The zero-order valence-electron chi connectivity index (χ0n) is 14.4. The monoisotopic (exact) mass is 356 g/mol. The molecular weight excluding hydrogens is 332 g/mol. The van der Waals surface area contributed by atoms with Crippen molar-refractivity contribution in [1.29, 1.82) is 0 Å². The summed E-state index contributed by atoms with van der Waals surface area (Å²) in [6, 6.07) is 0. The molecule has 1 aliphatic rings. The van der Waals surface area contributed by atoms with Gasteiger partial charge in [-0.3, -0.25) is 0 Å². The van der Waals surface area contributed by atoms with Gasteiger partial charge in [-0.25, -0.2) is 14.4 Å². The van der Waals surface area contributed by atoms with Crippen LogP contribution in [-0.4, -0.2) is 42.3 Å². The van der Waals surface area contributed by atoms with E-state index in [0.29, 0.717) is 12.2 Å². The Morgan fingerprint density at radius 1 is 0.958 bits per heavy atom. The van der Waals surface area contributed by atoms with Crippen molar-refractivity contribution >= 4 is 29.7 Å². The summed E-state index contributed by atoms with van der Waals surface area (Å²) in [6.45, 7) is 15.4. The van der Waals surface area contributed by atoms with Gasteiger partial charge in [0.25, 0.3) is 0 Å². The Kier molecular flexibility index (Phi) is 10.7. The predicted molar refractivity (Wildman–Crippen MR) is 93.3 cm³/mol. The van der Waals surface area contributed by atoms with Gasteiger partial charge in [0, 0.05) is 16.7 Å². The SMILES string of the molecule is C=C(C)C(=O)OC(=O)C(=C)C.C=C(C)C(=O)OC1CSCCCO1. The minimum atomic E-state index is -0.710. The molecule has 1 rings (SSSR count). The van der Waals surface area contributed by atoms with E-state index in [9.17, 15) is 14.4 Å². The average molecular weight is 356 g/mol. The van der Waals surface area contributed by atoms with E-state index in [-0.39, 0.29) is 17.1 Å². The molecule has 1 saturated heterocycles. The molecule has 1 atom stereocenters. The highest BCUT2D eigenvalue weighted by Gasteiger charge is 2.17. The predicted octanol–water partition coefficient (Wildman–Crippen LogP) is 2.79. The lowest BCUT2D eigenvalue weighted by Gasteiger charge is -2.14. The summed E-state index contributed by atoms with van der Waals surface area (Å²) >= 11 is 1.75. The van der Waals surface area contributed by atoms with E-state index in [0.717, 1.165) is 17.9 Å². The van der Waals surface area contributed by atoms with Gasteiger partial charge in [-0.1, -0.05) is 19.7 Å². The molecular formula is C17H24O6S. The van der Waals surface area contributed by atoms with Crippen LogP contribution in [0, 0.1) is 0 Å². The van der Waals surface area contributed by atoms with Crippen molar-refractivity contribution in [2.24, 2.45) is 0 Å². The van der Waals surface area contributed by atoms with Gasteiger partial charge < -0.3 is 14.2 Å². The lowest BCUT2D eigenvalue weighted by Crippen LogP contribution is -2.23. The number of thioether (sulfide) groups is 1. The summed E-state index contributed by atoms with van der Waals surface area (Å²) in [7, 11) is 0. The Morgan fingerprint density at radius 3 is 1.92 bits per heavy atom. The summed E-state index contributed by atoms with van der Waals surface area (Å²) in [6.07, 6.45) is 0.628. The second-order valence-corrected chi connectivity index (χ2v) is 6.30. The van der Waals surface area contributed by atoms with E-state index in [1.807, 2.05) is 0 Å². The highest BCUT2D eigenvalue weighted by molar-refractivity contribution is 7.99. The van der Waals surface area contributed by atoms with E-state index < -0.39 is 18.2 Å². The van der Waals surface area contributed by atoms with Gasteiger partial charge in [0.1, 0.15) is 0 Å². The molecule has 0 aromatic heterocycles. The molecule has 0 aliphatic carbocycles. The van der Waals surface area contributed by atoms with Gasteiger partial charge in [-0.15, -0.1) is 0 Å². The van der Waals surface area contributed by atoms with Gasteiger partial charge in [-0.2, -0.15) is 11.8 Å². The Hall–Kier alpha value is -1.86. The molecule has 1 unspecified atom stereocenters. The van der Waals surface area contributed by atoms with Crippen molar-refractivity contribution in [3.8, 4) is 0 Å². The molecule has 0 saturated carbocycles. The third-order valence-electron chi connectivity index (χ3n) is 2.46. The lowest BCUT2D eigenvalue weighted by molar-refractivity contribution is -0.168. The third kappa shape index (κ3) is 10.0. The highest BCUT2D eigenvalue weighted by Crippen LogP contribution is 2.14. The molecule has 7 heteroatoms. The van der Waals surface area contributed by atoms with E-state index in [4.69, 9.17) is 9.47 Å². The quantitative estimate of drug-likeness (QED) is 0.435. The van der Waals surface area contributed by atoms with Crippen LogP contribution < -0.4 is 0 Å². The zero-order chi connectivity index (χ0) is 18.7. The smallest absolute Gasteiger partial charge is 0.340 e. The number of ether oxygens (including phenoxy) is 3. The summed E-state index contributed by atoms with van der Waals surface area (Å²) in [5.74, 6) is 0.00338. The number of carbonyl (C=O) groups excluding carboxylic acids is 3. The van der Waals surface area contributed by atoms with Crippen LogP contribution in [0.4, 0.5) is 0 Å². The first kappa shape index (κ1) is 22.1. The van der Waals surface area contributed by atoms with Crippen molar-refractivity contribution in [2.45, 2.75) is 33.5 Å². The minimum Gasteiger partial charge on any atom is -0.431 e. The molecule has 0 N–H and O–H groups in total. The van der Waals surface area contributed by atoms with E-state index >= 15 is 0 Å². The summed E-state index contributed by atoms with van der Waals surface area (Å²) in [4.78, 5) is 32.5. The fraction of sp³-hybridized carbons (Fsp3) is 0.471. The Balaban J connectivity index is 0.000000449. The zero-order valence-corrected chi connectivity index (χ0v) is 15.2.